The normalized spacial score (nSPS) is 32.1. The van der Waals surface area contributed by atoms with Gasteiger partial charge in [-0.05, 0) is 72.4 Å². The Bertz CT molecular complexity index is 844. The number of aryl methyl sites for hydroxylation is 2. The summed E-state index contributed by atoms with van der Waals surface area (Å²) in [7, 11) is 0. The van der Waals surface area contributed by atoms with Gasteiger partial charge in [0.15, 0.2) is 5.78 Å². The third-order valence-electron chi connectivity index (χ3n) is 6.37. The lowest BCUT2D eigenvalue weighted by atomic mass is 9.63. The van der Waals surface area contributed by atoms with Gasteiger partial charge in [-0.15, -0.1) is 0 Å². The molecular weight excluding hydrogens is 268 g/mol. The minimum atomic E-state index is -0.0806. The second kappa shape index (κ2) is 4.10. The molecule has 22 heavy (non-hydrogen) atoms. The highest BCUT2D eigenvalue weighted by Gasteiger charge is 2.54. The van der Waals surface area contributed by atoms with Gasteiger partial charge in [-0.2, -0.15) is 0 Å². The average Bonchev–Trinajstić information content (AvgIpc) is 3.12. The minimum absolute atomic E-state index is 0.0806. The Balaban J connectivity index is 1.70. The van der Waals surface area contributed by atoms with Crippen molar-refractivity contribution in [2.45, 2.75) is 32.6 Å². The number of hydrogen-bond acceptors (Lipinski definition) is 1. The molecular formula is C21H20O. The van der Waals surface area contributed by atoms with Crippen LogP contribution < -0.4 is 0 Å². The zero-order valence-corrected chi connectivity index (χ0v) is 12.9. The van der Waals surface area contributed by atoms with Crippen LogP contribution in [0.25, 0.3) is 10.8 Å². The first-order chi connectivity index (χ1) is 10.7. The maximum Gasteiger partial charge on any atom is 0.169 e. The molecule has 3 aliphatic rings. The summed E-state index contributed by atoms with van der Waals surface area (Å²) in [6, 6.07) is 10.8. The Kier molecular flexibility index (Phi) is 2.35. The van der Waals surface area contributed by atoms with Gasteiger partial charge in [0.25, 0.3) is 0 Å². The molecule has 2 aromatic carbocycles. The van der Waals surface area contributed by atoms with Crippen LogP contribution in [0.1, 0.15) is 40.7 Å². The first-order valence-corrected chi connectivity index (χ1v) is 8.43. The number of ketones is 1. The maximum atomic E-state index is 13.4. The molecule has 2 bridgehead atoms. The summed E-state index contributed by atoms with van der Waals surface area (Å²) in [4.78, 5) is 13.4. The zero-order chi connectivity index (χ0) is 14.9. The molecule has 2 aromatic rings. The van der Waals surface area contributed by atoms with Crippen molar-refractivity contribution in [1.82, 2.24) is 0 Å². The Hall–Kier alpha value is -1.89. The predicted octanol–water partition coefficient (Wildman–Crippen LogP) is 4.86. The second-order valence-corrected chi connectivity index (χ2v) is 7.48. The zero-order valence-electron chi connectivity index (χ0n) is 12.9. The van der Waals surface area contributed by atoms with Crippen molar-refractivity contribution in [3.8, 4) is 0 Å². The predicted molar refractivity (Wildman–Crippen MR) is 89.1 cm³/mol. The summed E-state index contributed by atoms with van der Waals surface area (Å²) in [5.74, 6) is 1.57. The standard InChI is InChI=1S/C21H20O/c1-13-3-2-4-15-10-16-7-8-21(12-14-5-6-17(21)9-14)20(22)19(16)11-18(13)15/h2-6,10-11,14,17H,7-9,12H2,1H3. The fourth-order valence-corrected chi connectivity index (χ4v) is 5.19. The molecule has 0 saturated heterocycles. The van der Waals surface area contributed by atoms with Crippen molar-refractivity contribution in [2.75, 3.05) is 0 Å². The third kappa shape index (κ3) is 1.47. The van der Waals surface area contributed by atoms with Gasteiger partial charge in [-0.25, -0.2) is 0 Å². The summed E-state index contributed by atoms with van der Waals surface area (Å²) in [6.45, 7) is 2.14. The Morgan fingerprint density at radius 1 is 1.18 bits per heavy atom. The molecule has 1 fully saturated rings. The van der Waals surface area contributed by atoms with Gasteiger partial charge in [0.05, 0.1) is 0 Å². The number of rotatable bonds is 0. The molecule has 0 aromatic heterocycles. The molecule has 3 aliphatic carbocycles. The highest BCUT2D eigenvalue weighted by Crippen LogP contribution is 2.57. The van der Waals surface area contributed by atoms with E-state index in [4.69, 9.17) is 0 Å². The summed E-state index contributed by atoms with van der Waals surface area (Å²) < 4.78 is 0. The summed E-state index contributed by atoms with van der Waals surface area (Å²) in [5.41, 5.74) is 3.46. The number of benzene rings is 2. The van der Waals surface area contributed by atoms with E-state index < -0.39 is 0 Å². The van der Waals surface area contributed by atoms with Gasteiger partial charge in [0, 0.05) is 11.0 Å². The van der Waals surface area contributed by atoms with Crippen LogP contribution >= 0.6 is 0 Å². The number of Topliss-reactive ketones (excluding diaryl/α,β-unsaturated/α-hetero) is 1. The molecule has 0 amide bonds. The number of allylic oxidation sites excluding steroid dienone is 2. The van der Waals surface area contributed by atoms with Gasteiger partial charge in [0.2, 0.25) is 0 Å². The van der Waals surface area contributed by atoms with Crippen LogP contribution in [0.15, 0.2) is 42.5 Å². The van der Waals surface area contributed by atoms with Crippen LogP contribution in [-0.4, -0.2) is 5.78 Å². The van der Waals surface area contributed by atoms with Crippen LogP contribution in [-0.2, 0) is 6.42 Å². The SMILES string of the molecule is Cc1cccc2cc3c(cc12)C(=O)C1(CC3)CC2C=CC1C2. The second-order valence-electron chi connectivity index (χ2n) is 7.48. The monoisotopic (exact) mass is 288 g/mol. The average molecular weight is 288 g/mol. The van der Waals surface area contributed by atoms with Crippen LogP contribution in [0.3, 0.4) is 0 Å². The van der Waals surface area contributed by atoms with Gasteiger partial charge >= 0.3 is 0 Å². The van der Waals surface area contributed by atoms with E-state index in [1.807, 2.05) is 0 Å². The number of carbonyl (C=O) groups excluding carboxylic acids is 1. The molecule has 1 nitrogen and oxygen atoms in total. The lowest BCUT2D eigenvalue weighted by Crippen LogP contribution is -2.39. The summed E-state index contributed by atoms with van der Waals surface area (Å²) in [6.07, 6.45) is 9.04. The smallest absolute Gasteiger partial charge is 0.169 e. The van der Waals surface area contributed by atoms with Gasteiger partial charge in [-0.3, -0.25) is 4.79 Å². The largest absolute Gasteiger partial charge is 0.294 e. The molecule has 5 rings (SSSR count). The number of hydrogen-bond donors (Lipinski definition) is 0. The van der Waals surface area contributed by atoms with E-state index in [1.54, 1.807) is 0 Å². The van der Waals surface area contributed by atoms with Crippen LogP contribution in [0.5, 0.6) is 0 Å². The molecule has 0 aliphatic heterocycles. The molecule has 1 saturated carbocycles. The van der Waals surface area contributed by atoms with E-state index >= 15 is 0 Å². The number of carbonyl (C=O) groups is 1. The molecule has 3 unspecified atom stereocenters. The highest BCUT2D eigenvalue weighted by atomic mass is 16.1. The molecule has 0 heterocycles. The van der Waals surface area contributed by atoms with Gasteiger partial charge in [0.1, 0.15) is 0 Å². The van der Waals surface area contributed by atoms with Crippen molar-refractivity contribution in [1.29, 1.82) is 0 Å². The minimum Gasteiger partial charge on any atom is -0.294 e. The molecule has 1 heteroatoms. The van der Waals surface area contributed by atoms with Crippen molar-refractivity contribution in [2.24, 2.45) is 17.3 Å². The van der Waals surface area contributed by atoms with Crippen LogP contribution in [0.2, 0.25) is 0 Å². The van der Waals surface area contributed by atoms with Crippen molar-refractivity contribution in [3.05, 3.63) is 59.2 Å². The lowest BCUT2D eigenvalue weighted by Gasteiger charge is -2.38. The van der Waals surface area contributed by atoms with E-state index in [0.717, 1.165) is 24.8 Å². The topological polar surface area (TPSA) is 17.1 Å². The third-order valence-corrected chi connectivity index (χ3v) is 6.37. The fraction of sp³-hybridized carbons (Fsp3) is 0.381. The van der Waals surface area contributed by atoms with E-state index in [1.165, 1.54) is 28.3 Å². The van der Waals surface area contributed by atoms with E-state index in [-0.39, 0.29) is 5.41 Å². The quantitative estimate of drug-likeness (QED) is 0.633. The van der Waals surface area contributed by atoms with Gasteiger partial charge in [-0.1, -0.05) is 36.4 Å². The molecule has 0 radical (unpaired) electrons. The summed E-state index contributed by atoms with van der Waals surface area (Å²) in [5, 5.41) is 2.51. The van der Waals surface area contributed by atoms with E-state index in [9.17, 15) is 4.79 Å². The van der Waals surface area contributed by atoms with Crippen molar-refractivity contribution in [3.63, 3.8) is 0 Å². The first-order valence-electron chi connectivity index (χ1n) is 8.43. The Morgan fingerprint density at radius 2 is 2.09 bits per heavy atom. The fourth-order valence-electron chi connectivity index (χ4n) is 5.19. The van der Waals surface area contributed by atoms with Crippen molar-refractivity contribution < 1.29 is 4.79 Å². The van der Waals surface area contributed by atoms with Gasteiger partial charge < -0.3 is 0 Å². The summed E-state index contributed by atoms with van der Waals surface area (Å²) >= 11 is 0. The highest BCUT2D eigenvalue weighted by molar-refractivity contribution is 6.06. The lowest BCUT2D eigenvalue weighted by molar-refractivity contribution is 0.0703. The maximum absolute atomic E-state index is 13.4. The van der Waals surface area contributed by atoms with Crippen LogP contribution in [0.4, 0.5) is 0 Å². The van der Waals surface area contributed by atoms with Crippen LogP contribution in [0, 0.1) is 24.2 Å². The molecule has 110 valence electrons. The van der Waals surface area contributed by atoms with Crippen molar-refractivity contribution >= 4 is 16.6 Å². The first kappa shape index (κ1) is 12.6. The Morgan fingerprint density at radius 3 is 2.86 bits per heavy atom. The number of fused-ring (bicyclic) bond motifs is 5. The van der Waals surface area contributed by atoms with E-state index in [2.05, 4.69) is 49.4 Å². The van der Waals surface area contributed by atoms with E-state index in [0.29, 0.717) is 17.6 Å². The Labute approximate surface area is 131 Å². The molecule has 3 atom stereocenters. The molecule has 0 N–H and O–H groups in total. The molecule has 1 spiro atoms.